The summed E-state index contributed by atoms with van der Waals surface area (Å²) in [4.78, 5) is 0. The Morgan fingerprint density at radius 1 is 1.46 bits per heavy atom. The van der Waals surface area contributed by atoms with Crippen molar-refractivity contribution in [1.82, 2.24) is 9.44 Å². The fourth-order valence-corrected chi connectivity index (χ4v) is 1.89. The number of aliphatic hydroxyl groups is 1. The van der Waals surface area contributed by atoms with E-state index >= 15 is 0 Å². The number of nitrogens with one attached hydrogen (secondary N) is 2. The van der Waals surface area contributed by atoms with Crippen molar-refractivity contribution in [2.24, 2.45) is 5.41 Å². The summed E-state index contributed by atoms with van der Waals surface area (Å²) in [6, 6.07) is 0. The van der Waals surface area contributed by atoms with Crippen molar-refractivity contribution < 1.29 is 13.5 Å². The molecule has 78 valence electrons. The van der Waals surface area contributed by atoms with Gasteiger partial charge in [0, 0.05) is 20.2 Å². The quantitative estimate of drug-likeness (QED) is 0.535. The van der Waals surface area contributed by atoms with E-state index in [1.807, 2.05) is 0 Å². The SMILES string of the molecule is CNS(=O)(=O)NCC1(CCO)CC1. The average Bonchev–Trinajstić information content (AvgIpc) is 2.84. The maximum absolute atomic E-state index is 11.0. The Balaban J connectivity index is 2.34. The molecule has 0 aliphatic heterocycles. The Kier molecular flexibility index (Phi) is 3.28. The van der Waals surface area contributed by atoms with Crippen molar-refractivity contribution in [3.05, 3.63) is 0 Å². The third kappa shape index (κ3) is 3.22. The first-order valence-electron chi connectivity index (χ1n) is 4.33. The molecular formula is C7H16N2O3S. The van der Waals surface area contributed by atoms with Gasteiger partial charge in [0.1, 0.15) is 0 Å². The van der Waals surface area contributed by atoms with Crippen LogP contribution in [-0.2, 0) is 10.2 Å². The third-order valence-corrected chi connectivity index (χ3v) is 3.57. The van der Waals surface area contributed by atoms with Crippen LogP contribution in [0.1, 0.15) is 19.3 Å². The number of rotatable bonds is 6. The van der Waals surface area contributed by atoms with Gasteiger partial charge in [0.2, 0.25) is 0 Å². The number of hydrogen-bond acceptors (Lipinski definition) is 3. The molecule has 0 radical (unpaired) electrons. The van der Waals surface area contributed by atoms with Crippen molar-refractivity contribution in [3.63, 3.8) is 0 Å². The second kappa shape index (κ2) is 3.91. The smallest absolute Gasteiger partial charge is 0.276 e. The molecule has 1 aliphatic carbocycles. The Labute approximate surface area is 78.7 Å². The molecule has 5 nitrogen and oxygen atoms in total. The van der Waals surface area contributed by atoms with Crippen LogP contribution in [0.4, 0.5) is 0 Å². The maximum atomic E-state index is 11.0. The minimum Gasteiger partial charge on any atom is -0.396 e. The molecule has 1 aliphatic rings. The molecule has 0 aromatic rings. The molecule has 0 amide bonds. The zero-order chi connectivity index (χ0) is 9.95. The topological polar surface area (TPSA) is 78.4 Å². The summed E-state index contributed by atoms with van der Waals surface area (Å²) in [5, 5.41) is 8.74. The zero-order valence-electron chi connectivity index (χ0n) is 7.71. The molecular weight excluding hydrogens is 192 g/mol. The van der Waals surface area contributed by atoms with Gasteiger partial charge >= 0.3 is 0 Å². The lowest BCUT2D eigenvalue weighted by Gasteiger charge is -2.13. The van der Waals surface area contributed by atoms with Crippen LogP contribution >= 0.6 is 0 Å². The standard InChI is InChI=1S/C7H16N2O3S/c1-8-13(11,12)9-6-7(2-3-7)4-5-10/h8-10H,2-6H2,1H3. The minimum absolute atomic E-state index is 0.0265. The molecule has 0 heterocycles. The zero-order valence-corrected chi connectivity index (χ0v) is 8.52. The summed E-state index contributed by atoms with van der Waals surface area (Å²) in [5.41, 5.74) is 0.0265. The van der Waals surface area contributed by atoms with Crippen LogP contribution in [0.2, 0.25) is 0 Å². The van der Waals surface area contributed by atoms with E-state index in [4.69, 9.17) is 5.11 Å². The second-order valence-corrected chi connectivity index (χ2v) is 5.21. The van der Waals surface area contributed by atoms with Gasteiger partial charge in [-0.05, 0) is 24.7 Å². The first-order valence-corrected chi connectivity index (χ1v) is 5.81. The fourth-order valence-electron chi connectivity index (χ4n) is 1.25. The number of aliphatic hydroxyl groups excluding tert-OH is 1. The summed E-state index contributed by atoms with van der Waals surface area (Å²) >= 11 is 0. The van der Waals surface area contributed by atoms with E-state index in [0.29, 0.717) is 13.0 Å². The van der Waals surface area contributed by atoms with Crippen molar-refractivity contribution in [3.8, 4) is 0 Å². The van der Waals surface area contributed by atoms with E-state index in [1.54, 1.807) is 0 Å². The summed E-state index contributed by atoms with van der Waals surface area (Å²) in [7, 11) is -1.94. The third-order valence-electron chi connectivity index (χ3n) is 2.51. The second-order valence-electron chi connectivity index (χ2n) is 3.50. The largest absolute Gasteiger partial charge is 0.396 e. The van der Waals surface area contributed by atoms with Gasteiger partial charge in [-0.2, -0.15) is 8.42 Å². The van der Waals surface area contributed by atoms with Crippen LogP contribution in [0.15, 0.2) is 0 Å². The van der Waals surface area contributed by atoms with Crippen molar-refractivity contribution in [2.75, 3.05) is 20.2 Å². The highest BCUT2D eigenvalue weighted by Gasteiger charge is 2.42. The van der Waals surface area contributed by atoms with E-state index in [1.165, 1.54) is 7.05 Å². The molecule has 1 fully saturated rings. The van der Waals surface area contributed by atoms with Crippen LogP contribution in [0.3, 0.4) is 0 Å². The number of hydrogen-bond donors (Lipinski definition) is 3. The highest BCUT2D eigenvalue weighted by atomic mass is 32.2. The molecule has 0 saturated heterocycles. The fraction of sp³-hybridized carbons (Fsp3) is 1.00. The Morgan fingerprint density at radius 2 is 2.08 bits per heavy atom. The van der Waals surface area contributed by atoms with Gasteiger partial charge < -0.3 is 5.11 Å². The van der Waals surface area contributed by atoms with Crippen LogP contribution in [0, 0.1) is 5.41 Å². The Hall–Kier alpha value is -0.170. The minimum atomic E-state index is -3.31. The normalized spacial score (nSPS) is 20.2. The lowest BCUT2D eigenvalue weighted by Crippen LogP contribution is -2.37. The van der Waals surface area contributed by atoms with Gasteiger partial charge in [0.05, 0.1) is 0 Å². The van der Waals surface area contributed by atoms with Gasteiger partial charge in [-0.1, -0.05) is 0 Å². The monoisotopic (exact) mass is 208 g/mol. The predicted octanol–water partition coefficient (Wildman–Crippen LogP) is -0.797. The predicted molar refractivity (Wildman–Crippen MR) is 49.4 cm³/mol. The van der Waals surface area contributed by atoms with Crippen molar-refractivity contribution in [2.45, 2.75) is 19.3 Å². The van der Waals surface area contributed by atoms with Gasteiger partial charge in [-0.15, -0.1) is 0 Å². The van der Waals surface area contributed by atoms with E-state index in [0.717, 1.165) is 12.8 Å². The van der Waals surface area contributed by atoms with Gasteiger partial charge in [0.15, 0.2) is 0 Å². The van der Waals surface area contributed by atoms with E-state index < -0.39 is 10.2 Å². The van der Waals surface area contributed by atoms with Crippen molar-refractivity contribution in [1.29, 1.82) is 0 Å². The van der Waals surface area contributed by atoms with Crippen LogP contribution in [-0.4, -0.2) is 33.7 Å². The van der Waals surface area contributed by atoms with Gasteiger partial charge in [-0.25, -0.2) is 9.44 Å². The summed E-state index contributed by atoms with van der Waals surface area (Å²) < 4.78 is 26.6. The lowest BCUT2D eigenvalue weighted by molar-refractivity contribution is 0.249. The van der Waals surface area contributed by atoms with E-state index in [-0.39, 0.29) is 12.0 Å². The molecule has 1 saturated carbocycles. The lowest BCUT2D eigenvalue weighted by atomic mass is 10.0. The van der Waals surface area contributed by atoms with Gasteiger partial charge in [-0.3, -0.25) is 0 Å². The molecule has 0 unspecified atom stereocenters. The molecule has 0 bridgehead atoms. The van der Waals surface area contributed by atoms with E-state index in [2.05, 4.69) is 9.44 Å². The maximum Gasteiger partial charge on any atom is 0.276 e. The first kappa shape index (κ1) is 10.9. The molecule has 0 aromatic heterocycles. The van der Waals surface area contributed by atoms with Crippen LogP contribution in [0.25, 0.3) is 0 Å². The van der Waals surface area contributed by atoms with Crippen molar-refractivity contribution >= 4 is 10.2 Å². The Bertz CT molecular complexity index is 259. The highest BCUT2D eigenvalue weighted by Crippen LogP contribution is 2.47. The molecule has 0 atom stereocenters. The summed E-state index contributed by atoms with van der Waals surface area (Å²) in [5.74, 6) is 0. The molecule has 1 rings (SSSR count). The average molecular weight is 208 g/mol. The first-order chi connectivity index (χ1) is 6.04. The molecule has 3 N–H and O–H groups in total. The summed E-state index contributed by atoms with van der Waals surface area (Å²) in [6.07, 6.45) is 2.68. The highest BCUT2D eigenvalue weighted by molar-refractivity contribution is 7.87. The molecule has 0 spiro atoms. The van der Waals surface area contributed by atoms with Gasteiger partial charge in [0.25, 0.3) is 10.2 Å². The van der Waals surface area contributed by atoms with Crippen LogP contribution < -0.4 is 9.44 Å². The van der Waals surface area contributed by atoms with Crippen LogP contribution in [0.5, 0.6) is 0 Å². The van der Waals surface area contributed by atoms with E-state index in [9.17, 15) is 8.42 Å². The summed E-state index contributed by atoms with van der Waals surface area (Å²) in [6.45, 7) is 0.554. The molecule has 6 heteroatoms. The molecule has 0 aromatic carbocycles. The molecule has 13 heavy (non-hydrogen) atoms. The Morgan fingerprint density at radius 3 is 2.46 bits per heavy atom.